The first kappa shape index (κ1) is 19.7. The van der Waals surface area contributed by atoms with Crippen LogP contribution in [-0.2, 0) is 4.79 Å². The number of carbonyl (C=O) groups excluding carboxylic acids is 1. The van der Waals surface area contributed by atoms with Gasteiger partial charge in [0.15, 0.2) is 6.61 Å². The van der Waals surface area contributed by atoms with Crippen LogP contribution in [0.3, 0.4) is 0 Å². The zero-order valence-electron chi connectivity index (χ0n) is 15.9. The van der Waals surface area contributed by atoms with Crippen LogP contribution in [0, 0.1) is 0 Å². The maximum Gasteiger partial charge on any atom is 0.257 e. The van der Waals surface area contributed by atoms with Crippen molar-refractivity contribution in [2.45, 2.75) is 19.4 Å². The molecule has 0 aliphatic carbocycles. The maximum absolute atomic E-state index is 12.0. The van der Waals surface area contributed by atoms with E-state index in [9.17, 15) is 9.90 Å². The van der Waals surface area contributed by atoms with Gasteiger partial charge in [-0.25, -0.2) is 0 Å². The monoisotopic (exact) mass is 379 g/mol. The van der Waals surface area contributed by atoms with E-state index in [1.807, 2.05) is 49.4 Å². The summed E-state index contributed by atoms with van der Waals surface area (Å²) < 4.78 is 10.8. The molecule has 1 atom stereocenters. The van der Waals surface area contributed by atoms with Crippen LogP contribution in [0.15, 0.2) is 66.7 Å². The number of fused-ring (bicyclic) bond motifs is 1. The van der Waals surface area contributed by atoms with Gasteiger partial charge in [-0.1, -0.05) is 42.5 Å². The van der Waals surface area contributed by atoms with Crippen molar-refractivity contribution in [1.29, 1.82) is 0 Å². The molecule has 3 aromatic carbocycles. The van der Waals surface area contributed by atoms with Gasteiger partial charge in [0.1, 0.15) is 11.5 Å². The van der Waals surface area contributed by atoms with Crippen LogP contribution in [0.5, 0.6) is 11.5 Å². The molecule has 0 bridgehead atoms. The molecule has 5 heteroatoms. The number of nitrogens with one attached hydrogen (secondary N) is 1. The molecule has 0 aromatic heterocycles. The topological polar surface area (TPSA) is 67.8 Å². The van der Waals surface area contributed by atoms with E-state index in [4.69, 9.17) is 9.47 Å². The molecule has 0 spiro atoms. The number of benzene rings is 3. The van der Waals surface area contributed by atoms with Gasteiger partial charge in [0.2, 0.25) is 0 Å². The number of ether oxygens (including phenoxy) is 2. The summed E-state index contributed by atoms with van der Waals surface area (Å²) in [6.45, 7) is 2.83. The Morgan fingerprint density at radius 3 is 2.39 bits per heavy atom. The number of amides is 1. The molecular formula is C23H25NO4. The van der Waals surface area contributed by atoms with Gasteiger partial charge < -0.3 is 19.9 Å². The van der Waals surface area contributed by atoms with Crippen LogP contribution in [-0.4, -0.2) is 30.8 Å². The summed E-state index contributed by atoms with van der Waals surface area (Å²) in [5.74, 6) is 1.15. The van der Waals surface area contributed by atoms with E-state index in [-0.39, 0.29) is 12.5 Å². The van der Waals surface area contributed by atoms with Crippen molar-refractivity contribution >= 4 is 16.7 Å². The maximum atomic E-state index is 12.0. The molecule has 2 N–H and O–H groups in total. The average Bonchev–Trinajstić information content (AvgIpc) is 2.73. The van der Waals surface area contributed by atoms with E-state index in [1.165, 1.54) is 0 Å². The van der Waals surface area contributed by atoms with Gasteiger partial charge in [0.25, 0.3) is 5.91 Å². The summed E-state index contributed by atoms with van der Waals surface area (Å²) in [4.78, 5) is 12.0. The van der Waals surface area contributed by atoms with Crippen LogP contribution in [0.1, 0.15) is 25.0 Å². The van der Waals surface area contributed by atoms with Gasteiger partial charge in [0, 0.05) is 6.54 Å². The van der Waals surface area contributed by atoms with E-state index >= 15 is 0 Å². The smallest absolute Gasteiger partial charge is 0.257 e. The fourth-order valence-electron chi connectivity index (χ4n) is 3.04. The molecule has 28 heavy (non-hydrogen) atoms. The van der Waals surface area contributed by atoms with E-state index in [1.54, 1.807) is 24.3 Å². The first-order chi connectivity index (χ1) is 13.7. The van der Waals surface area contributed by atoms with Gasteiger partial charge in [0.05, 0.1) is 12.7 Å². The number of rotatable bonds is 9. The number of hydrogen-bond acceptors (Lipinski definition) is 4. The largest absolute Gasteiger partial charge is 0.494 e. The molecule has 3 aromatic rings. The van der Waals surface area contributed by atoms with Crippen LogP contribution < -0.4 is 14.8 Å². The van der Waals surface area contributed by atoms with Crippen molar-refractivity contribution in [3.8, 4) is 11.5 Å². The summed E-state index contributed by atoms with van der Waals surface area (Å²) in [5, 5.41) is 15.4. The summed E-state index contributed by atoms with van der Waals surface area (Å²) in [7, 11) is 0. The minimum Gasteiger partial charge on any atom is -0.494 e. The third-order valence-electron chi connectivity index (χ3n) is 4.43. The predicted octanol–water partition coefficient (Wildman–Crippen LogP) is 3.86. The molecule has 0 saturated heterocycles. The Kier molecular flexibility index (Phi) is 6.87. The highest BCUT2D eigenvalue weighted by atomic mass is 16.5. The standard InChI is InChI=1S/C23H25NO4/c1-2-27-18-10-12-19(13-11-18)28-16-23(26)24-15-14-22(25)21-9-5-7-17-6-3-4-8-20(17)21/h3-13,22,25H,2,14-16H2,1H3,(H,24,26). The number of carbonyl (C=O) groups is 1. The second kappa shape index (κ2) is 9.76. The summed E-state index contributed by atoms with van der Waals surface area (Å²) in [6.07, 6.45) is -0.207. The summed E-state index contributed by atoms with van der Waals surface area (Å²) in [5.41, 5.74) is 0.873. The van der Waals surface area contributed by atoms with E-state index < -0.39 is 6.10 Å². The Labute approximate surface area is 164 Å². The molecule has 0 aliphatic heterocycles. The van der Waals surface area contributed by atoms with Crippen molar-refractivity contribution in [2.24, 2.45) is 0 Å². The fourth-order valence-corrected chi connectivity index (χ4v) is 3.04. The lowest BCUT2D eigenvalue weighted by atomic mass is 9.99. The summed E-state index contributed by atoms with van der Waals surface area (Å²) >= 11 is 0. The van der Waals surface area contributed by atoms with Crippen molar-refractivity contribution in [3.63, 3.8) is 0 Å². The van der Waals surface area contributed by atoms with Crippen molar-refractivity contribution in [3.05, 3.63) is 72.3 Å². The van der Waals surface area contributed by atoms with Gasteiger partial charge in [-0.05, 0) is 53.9 Å². The second-order valence-electron chi connectivity index (χ2n) is 6.42. The van der Waals surface area contributed by atoms with E-state index in [0.29, 0.717) is 25.3 Å². The zero-order chi connectivity index (χ0) is 19.8. The Balaban J connectivity index is 1.44. The lowest BCUT2D eigenvalue weighted by Gasteiger charge is -2.14. The third-order valence-corrected chi connectivity index (χ3v) is 4.43. The molecule has 5 nitrogen and oxygen atoms in total. The number of aliphatic hydroxyl groups excluding tert-OH is 1. The first-order valence-electron chi connectivity index (χ1n) is 9.45. The fraction of sp³-hybridized carbons (Fsp3) is 0.261. The quantitative estimate of drug-likeness (QED) is 0.592. The predicted molar refractivity (Wildman–Crippen MR) is 110 cm³/mol. The van der Waals surface area contributed by atoms with Gasteiger partial charge in [-0.15, -0.1) is 0 Å². The van der Waals surface area contributed by atoms with Crippen molar-refractivity contribution in [1.82, 2.24) is 5.32 Å². The molecule has 0 radical (unpaired) electrons. The average molecular weight is 379 g/mol. The molecule has 0 heterocycles. The molecule has 146 valence electrons. The normalized spacial score (nSPS) is 11.8. The Morgan fingerprint density at radius 2 is 1.64 bits per heavy atom. The van der Waals surface area contributed by atoms with Gasteiger partial charge >= 0.3 is 0 Å². The Morgan fingerprint density at radius 1 is 0.964 bits per heavy atom. The molecule has 0 saturated carbocycles. The molecule has 3 rings (SSSR count). The van der Waals surface area contributed by atoms with Crippen LogP contribution in [0.4, 0.5) is 0 Å². The highest BCUT2D eigenvalue weighted by Gasteiger charge is 2.11. The SMILES string of the molecule is CCOc1ccc(OCC(=O)NCCC(O)c2cccc3ccccc23)cc1. The number of aliphatic hydroxyl groups is 1. The summed E-state index contributed by atoms with van der Waals surface area (Å²) in [6, 6.07) is 21.0. The van der Waals surface area contributed by atoms with Crippen molar-refractivity contribution < 1.29 is 19.4 Å². The number of hydrogen-bond donors (Lipinski definition) is 2. The lowest BCUT2D eigenvalue weighted by Crippen LogP contribution is -2.30. The molecular weight excluding hydrogens is 354 g/mol. The minimum absolute atomic E-state index is 0.0711. The highest BCUT2D eigenvalue weighted by Crippen LogP contribution is 2.25. The molecule has 1 unspecified atom stereocenters. The van der Waals surface area contributed by atoms with E-state index in [2.05, 4.69) is 5.32 Å². The highest BCUT2D eigenvalue weighted by molar-refractivity contribution is 5.86. The molecule has 0 fully saturated rings. The van der Waals surface area contributed by atoms with Gasteiger partial charge in [-0.2, -0.15) is 0 Å². The van der Waals surface area contributed by atoms with Crippen LogP contribution >= 0.6 is 0 Å². The molecule has 0 aliphatic rings. The van der Waals surface area contributed by atoms with E-state index in [0.717, 1.165) is 22.1 Å². The van der Waals surface area contributed by atoms with Crippen molar-refractivity contribution in [2.75, 3.05) is 19.8 Å². The first-order valence-corrected chi connectivity index (χ1v) is 9.45. The minimum atomic E-state index is -0.640. The lowest BCUT2D eigenvalue weighted by molar-refractivity contribution is -0.123. The van der Waals surface area contributed by atoms with Crippen LogP contribution in [0.25, 0.3) is 10.8 Å². The molecule has 1 amide bonds. The Bertz CT molecular complexity index is 903. The Hall–Kier alpha value is -3.05. The zero-order valence-corrected chi connectivity index (χ0v) is 15.9. The third kappa shape index (κ3) is 5.24. The van der Waals surface area contributed by atoms with Crippen LogP contribution in [0.2, 0.25) is 0 Å². The van der Waals surface area contributed by atoms with Gasteiger partial charge in [-0.3, -0.25) is 4.79 Å². The second-order valence-corrected chi connectivity index (χ2v) is 6.42.